The molecule has 1 saturated heterocycles. The first kappa shape index (κ1) is 17.4. The van der Waals surface area contributed by atoms with Crippen LogP contribution in [0.2, 0.25) is 0 Å². The molecule has 0 spiro atoms. The van der Waals surface area contributed by atoms with Crippen LogP contribution in [0.25, 0.3) is 0 Å². The molecule has 0 aromatic carbocycles. The third-order valence-electron chi connectivity index (χ3n) is 4.16. The number of carbonyl (C=O) groups is 2. The molecule has 23 heavy (non-hydrogen) atoms. The summed E-state index contributed by atoms with van der Waals surface area (Å²) in [4.78, 5) is 22.0. The lowest BCUT2D eigenvalue weighted by Crippen LogP contribution is -2.44. The molecule has 4 nitrogen and oxygen atoms in total. The van der Waals surface area contributed by atoms with Crippen LogP contribution in [0.4, 0.5) is 22.0 Å². The first-order valence-electron chi connectivity index (χ1n) is 6.95. The summed E-state index contributed by atoms with van der Waals surface area (Å²) < 4.78 is 66.9. The second kappa shape index (κ2) is 6.29. The topological polar surface area (TPSA) is 58.2 Å². The van der Waals surface area contributed by atoms with Crippen LogP contribution in [0.15, 0.2) is 23.0 Å². The maximum Gasteiger partial charge on any atom is 0.415 e. The summed E-state index contributed by atoms with van der Waals surface area (Å²) in [5, 5.41) is 4.78. The molecule has 2 aliphatic rings. The molecule has 0 bridgehead atoms. The Bertz CT molecular complexity index is 570. The molecule has 1 aliphatic carbocycles. The Kier molecular flexibility index (Phi) is 4.76. The second-order valence-corrected chi connectivity index (χ2v) is 5.62. The molecule has 9 heteroatoms. The van der Waals surface area contributed by atoms with E-state index in [1.807, 2.05) is 0 Å². The van der Waals surface area contributed by atoms with Crippen molar-refractivity contribution in [3.05, 3.63) is 23.0 Å². The van der Waals surface area contributed by atoms with Gasteiger partial charge in [0.2, 0.25) is 12.3 Å². The van der Waals surface area contributed by atoms with E-state index < -0.39 is 41.6 Å². The number of rotatable bonds is 4. The number of hydrogen-bond acceptors (Lipinski definition) is 2. The fourth-order valence-corrected chi connectivity index (χ4v) is 3.05. The van der Waals surface area contributed by atoms with Crippen molar-refractivity contribution in [2.45, 2.75) is 31.7 Å². The van der Waals surface area contributed by atoms with Gasteiger partial charge in [-0.15, -0.1) is 0 Å². The molecule has 2 amide bonds. The minimum atomic E-state index is -4.98. The molecular formula is C14H15F5N2O2. The Balaban J connectivity index is 2.41. The van der Waals surface area contributed by atoms with Gasteiger partial charge in [-0.05, 0) is 11.6 Å². The zero-order valence-corrected chi connectivity index (χ0v) is 12.1. The van der Waals surface area contributed by atoms with Gasteiger partial charge < -0.3 is 10.6 Å². The van der Waals surface area contributed by atoms with Crippen LogP contribution in [-0.4, -0.2) is 37.3 Å². The summed E-state index contributed by atoms with van der Waals surface area (Å²) in [6.45, 7) is 1.07. The van der Waals surface area contributed by atoms with Gasteiger partial charge in [0.15, 0.2) is 0 Å². The molecule has 2 N–H and O–H groups in total. The molecule has 1 heterocycles. The van der Waals surface area contributed by atoms with Gasteiger partial charge in [-0.1, -0.05) is 6.92 Å². The van der Waals surface area contributed by atoms with Gasteiger partial charge in [0, 0.05) is 24.8 Å². The summed E-state index contributed by atoms with van der Waals surface area (Å²) in [6.07, 6.45) is -6.38. The van der Waals surface area contributed by atoms with Crippen molar-refractivity contribution in [1.29, 1.82) is 0 Å². The van der Waals surface area contributed by atoms with Crippen LogP contribution < -0.4 is 10.6 Å². The number of alkyl halides is 4. The third kappa shape index (κ3) is 3.37. The van der Waals surface area contributed by atoms with Crippen molar-refractivity contribution in [2.75, 3.05) is 6.54 Å². The standard InChI is InChI=1S/C14H15F5N2O2/c1-6-11(14(17,18)19)9(15)3-8(12(6)16)13(21-5-22)7-2-10(23)20-4-7/h3,5-7,12-13H,2,4H2,1H3,(H,20,23)(H,21,22). The minimum Gasteiger partial charge on any atom is -0.356 e. The highest BCUT2D eigenvalue weighted by molar-refractivity contribution is 5.78. The van der Waals surface area contributed by atoms with E-state index in [1.54, 1.807) is 0 Å². The first-order valence-corrected chi connectivity index (χ1v) is 6.95. The average Bonchev–Trinajstić information content (AvgIpc) is 2.85. The molecule has 128 valence electrons. The van der Waals surface area contributed by atoms with Gasteiger partial charge in [-0.2, -0.15) is 13.2 Å². The van der Waals surface area contributed by atoms with E-state index in [2.05, 4.69) is 10.6 Å². The van der Waals surface area contributed by atoms with Crippen molar-refractivity contribution in [2.24, 2.45) is 11.8 Å². The summed E-state index contributed by atoms with van der Waals surface area (Å²) in [6, 6.07) is -1.05. The maximum atomic E-state index is 14.5. The van der Waals surface area contributed by atoms with Crippen LogP contribution in [-0.2, 0) is 9.59 Å². The van der Waals surface area contributed by atoms with Crippen LogP contribution in [0.1, 0.15) is 13.3 Å². The molecule has 0 aromatic rings. The molecule has 4 unspecified atom stereocenters. The lowest BCUT2D eigenvalue weighted by Gasteiger charge is -2.33. The van der Waals surface area contributed by atoms with Crippen molar-refractivity contribution in [3.63, 3.8) is 0 Å². The second-order valence-electron chi connectivity index (χ2n) is 5.62. The van der Waals surface area contributed by atoms with Crippen LogP contribution in [0, 0.1) is 11.8 Å². The van der Waals surface area contributed by atoms with Gasteiger partial charge in [-0.25, -0.2) is 8.78 Å². The quantitative estimate of drug-likeness (QED) is 0.608. The number of allylic oxidation sites excluding steroid dienone is 3. The number of carbonyl (C=O) groups excluding carboxylic acids is 2. The van der Waals surface area contributed by atoms with Crippen LogP contribution in [0.3, 0.4) is 0 Å². The van der Waals surface area contributed by atoms with Crippen LogP contribution >= 0.6 is 0 Å². The van der Waals surface area contributed by atoms with Crippen LogP contribution in [0.5, 0.6) is 0 Å². The van der Waals surface area contributed by atoms with E-state index >= 15 is 0 Å². The molecule has 2 rings (SSSR count). The molecule has 1 fully saturated rings. The minimum absolute atomic E-state index is 0.0264. The Morgan fingerprint density at radius 1 is 1.43 bits per heavy atom. The smallest absolute Gasteiger partial charge is 0.356 e. The Labute approximate surface area is 128 Å². The Hall–Kier alpha value is -1.93. The van der Waals surface area contributed by atoms with E-state index in [-0.39, 0.29) is 30.9 Å². The van der Waals surface area contributed by atoms with E-state index in [4.69, 9.17) is 0 Å². The summed E-state index contributed by atoms with van der Waals surface area (Å²) in [5.41, 5.74) is -1.85. The predicted molar refractivity (Wildman–Crippen MR) is 70.4 cm³/mol. The molecule has 1 aliphatic heterocycles. The molecule has 0 radical (unpaired) electrons. The summed E-state index contributed by atoms with van der Waals surface area (Å²) in [7, 11) is 0. The average molecular weight is 338 g/mol. The van der Waals surface area contributed by atoms with E-state index in [0.29, 0.717) is 6.08 Å². The van der Waals surface area contributed by atoms with Crippen molar-refractivity contribution >= 4 is 12.3 Å². The lowest BCUT2D eigenvalue weighted by atomic mass is 9.79. The third-order valence-corrected chi connectivity index (χ3v) is 4.16. The highest BCUT2D eigenvalue weighted by Crippen LogP contribution is 2.43. The molecule has 0 aromatic heterocycles. The van der Waals surface area contributed by atoms with Gasteiger partial charge in [0.05, 0.1) is 11.6 Å². The van der Waals surface area contributed by atoms with Gasteiger partial charge in [0.25, 0.3) is 0 Å². The van der Waals surface area contributed by atoms with Gasteiger partial charge in [0.1, 0.15) is 12.0 Å². The zero-order valence-electron chi connectivity index (χ0n) is 12.1. The number of hydrogen-bond donors (Lipinski definition) is 2. The lowest BCUT2D eigenvalue weighted by molar-refractivity contribution is -0.119. The largest absolute Gasteiger partial charge is 0.415 e. The normalized spacial score (nSPS) is 29.9. The zero-order chi connectivity index (χ0) is 17.4. The molecular weight excluding hydrogens is 323 g/mol. The monoisotopic (exact) mass is 338 g/mol. The van der Waals surface area contributed by atoms with E-state index in [1.165, 1.54) is 0 Å². The number of amides is 2. The maximum absolute atomic E-state index is 14.5. The Morgan fingerprint density at radius 2 is 2.09 bits per heavy atom. The van der Waals surface area contributed by atoms with Crippen molar-refractivity contribution < 1.29 is 31.5 Å². The highest BCUT2D eigenvalue weighted by atomic mass is 19.4. The van der Waals surface area contributed by atoms with Crippen molar-refractivity contribution in [1.82, 2.24) is 10.6 Å². The Morgan fingerprint density at radius 3 is 2.57 bits per heavy atom. The van der Waals surface area contributed by atoms with Crippen molar-refractivity contribution in [3.8, 4) is 0 Å². The van der Waals surface area contributed by atoms with E-state index in [0.717, 1.165) is 6.92 Å². The fraction of sp³-hybridized carbons (Fsp3) is 0.571. The number of halogens is 5. The predicted octanol–water partition coefficient (Wildman–Crippen LogP) is 1.94. The number of nitrogens with one attached hydrogen (secondary N) is 2. The highest BCUT2D eigenvalue weighted by Gasteiger charge is 2.47. The van der Waals surface area contributed by atoms with Gasteiger partial charge in [-0.3, -0.25) is 9.59 Å². The molecule has 0 saturated carbocycles. The SMILES string of the molecule is CC1C(C(F)(F)F)=C(F)C=C(C(NC=O)C2CNC(=O)C2)C1F. The summed E-state index contributed by atoms with van der Waals surface area (Å²) in [5.74, 6) is -4.18. The fourth-order valence-electron chi connectivity index (χ4n) is 3.05. The van der Waals surface area contributed by atoms with Gasteiger partial charge >= 0.3 is 6.18 Å². The molecule has 4 atom stereocenters. The first-order chi connectivity index (χ1) is 10.7. The van der Waals surface area contributed by atoms with E-state index in [9.17, 15) is 31.5 Å². The summed E-state index contributed by atoms with van der Waals surface area (Å²) >= 11 is 0.